The van der Waals surface area contributed by atoms with Crippen molar-refractivity contribution < 1.29 is 33.2 Å². The summed E-state index contributed by atoms with van der Waals surface area (Å²) in [4.78, 5) is 11.4. The molecule has 1 aliphatic rings. The van der Waals surface area contributed by atoms with E-state index < -0.39 is 6.10 Å². The second-order valence-corrected chi connectivity index (χ2v) is 4.58. The van der Waals surface area contributed by atoms with Crippen LogP contribution in [0.4, 0.5) is 0 Å². The van der Waals surface area contributed by atoms with Crippen molar-refractivity contribution in [2.24, 2.45) is 0 Å². The monoisotopic (exact) mass is 306 g/mol. The molecule has 1 rings (SSSR count). The lowest BCUT2D eigenvalue weighted by molar-refractivity contribution is -0.169. The molecule has 0 aromatic carbocycles. The molecule has 1 aliphatic carbocycles. The highest BCUT2D eigenvalue weighted by Gasteiger charge is 2.41. The van der Waals surface area contributed by atoms with Crippen LogP contribution in [0.5, 0.6) is 0 Å². The second kappa shape index (κ2) is 12.0. The van der Waals surface area contributed by atoms with Crippen molar-refractivity contribution in [2.45, 2.75) is 18.6 Å². The number of ether oxygens (including phenoxy) is 6. The lowest BCUT2D eigenvalue weighted by Crippen LogP contribution is -2.51. The standard InChI is InChI=1S/C14H26O7/c1-16-3-5-18-6-7-19-8-10-20-13-11-12(15)14(13)21-9-4-17-2/h13-14H,3-11H2,1-2H3. The van der Waals surface area contributed by atoms with E-state index in [4.69, 9.17) is 28.4 Å². The summed E-state index contributed by atoms with van der Waals surface area (Å²) in [5.41, 5.74) is 0. The molecular formula is C14H26O7. The van der Waals surface area contributed by atoms with Gasteiger partial charge in [0.05, 0.1) is 59.0 Å². The van der Waals surface area contributed by atoms with Gasteiger partial charge in [-0.05, 0) is 0 Å². The van der Waals surface area contributed by atoms with Crippen molar-refractivity contribution in [3.63, 3.8) is 0 Å². The molecule has 0 aromatic rings. The van der Waals surface area contributed by atoms with E-state index in [1.807, 2.05) is 0 Å². The number of hydrogen-bond donors (Lipinski definition) is 0. The number of methoxy groups -OCH3 is 2. The summed E-state index contributed by atoms with van der Waals surface area (Å²) < 4.78 is 31.3. The van der Waals surface area contributed by atoms with Gasteiger partial charge in [0, 0.05) is 20.6 Å². The maximum atomic E-state index is 11.4. The Morgan fingerprint density at radius 2 is 1.33 bits per heavy atom. The molecular weight excluding hydrogens is 280 g/mol. The third-order valence-electron chi connectivity index (χ3n) is 3.01. The zero-order valence-electron chi connectivity index (χ0n) is 12.9. The first-order valence-corrected chi connectivity index (χ1v) is 7.19. The second-order valence-electron chi connectivity index (χ2n) is 4.58. The number of hydrogen-bond acceptors (Lipinski definition) is 7. The van der Waals surface area contributed by atoms with Crippen molar-refractivity contribution >= 4 is 5.78 Å². The Morgan fingerprint density at radius 3 is 1.95 bits per heavy atom. The summed E-state index contributed by atoms with van der Waals surface area (Å²) in [6.07, 6.45) is -0.189. The molecule has 0 heterocycles. The quantitative estimate of drug-likeness (QED) is 0.420. The average molecular weight is 306 g/mol. The highest BCUT2D eigenvalue weighted by molar-refractivity contribution is 5.90. The molecule has 0 aliphatic heterocycles. The molecule has 2 atom stereocenters. The van der Waals surface area contributed by atoms with E-state index in [0.29, 0.717) is 59.3 Å². The van der Waals surface area contributed by atoms with Crippen LogP contribution < -0.4 is 0 Å². The van der Waals surface area contributed by atoms with E-state index in [-0.39, 0.29) is 11.9 Å². The Hall–Kier alpha value is -0.570. The van der Waals surface area contributed by atoms with Crippen molar-refractivity contribution in [3.05, 3.63) is 0 Å². The van der Waals surface area contributed by atoms with Crippen LogP contribution in [0.2, 0.25) is 0 Å². The van der Waals surface area contributed by atoms with Crippen molar-refractivity contribution in [1.29, 1.82) is 0 Å². The summed E-state index contributed by atoms with van der Waals surface area (Å²) in [6.45, 7) is 4.01. The van der Waals surface area contributed by atoms with E-state index in [1.54, 1.807) is 14.2 Å². The molecule has 0 aromatic heterocycles. The molecule has 0 spiro atoms. The Bertz CT molecular complexity index is 272. The highest BCUT2D eigenvalue weighted by atomic mass is 16.6. The van der Waals surface area contributed by atoms with Crippen molar-refractivity contribution in [3.8, 4) is 0 Å². The third-order valence-corrected chi connectivity index (χ3v) is 3.01. The van der Waals surface area contributed by atoms with E-state index >= 15 is 0 Å². The van der Waals surface area contributed by atoms with Crippen LogP contribution in [0.15, 0.2) is 0 Å². The third kappa shape index (κ3) is 7.85. The summed E-state index contributed by atoms with van der Waals surface area (Å²) in [6, 6.07) is 0. The van der Waals surface area contributed by atoms with Crippen LogP contribution in [0.25, 0.3) is 0 Å². The molecule has 7 heteroatoms. The Balaban J connectivity index is 1.91. The number of carbonyl (C=O) groups excluding carboxylic acids is 1. The van der Waals surface area contributed by atoms with Gasteiger partial charge in [0.25, 0.3) is 0 Å². The van der Waals surface area contributed by atoms with Gasteiger partial charge in [-0.15, -0.1) is 0 Å². The minimum atomic E-state index is -0.447. The first-order chi connectivity index (χ1) is 10.3. The predicted octanol–water partition coefficient (Wildman–Crippen LogP) is 0.0556. The zero-order chi connectivity index (χ0) is 15.3. The predicted molar refractivity (Wildman–Crippen MR) is 74.5 cm³/mol. The van der Waals surface area contributed by atoms with Gasteiger partial charge in [-0.25, -0.2) is 0 Å². The molecule has 2 unspecified atom stereocenters. The minimum absolute atomic E-state index is 0.0866. The maximum absolute atomic E-state index is 11.4. The summed E-state index contributed by atoms with van der Waals surface area (Å²) in [7, 11) is 3.23. The minimum Gasteiger partial charge on any atom is -0.382 e. The summed E-state index contributed by atoms with van der Waals surface area (Å²) in [5, 5.41) is 0. The molecule has 21 heavy (non-hydrogen) atoms. The van der Waals surface area contributed by atoms with Crippen molar-refractivity contribution in [2.75, 3.05) is 67.1 Å². The van der Waals surface area contributed by atoms with Gasteiger partial charge in [0.15, 0.2) is 5.78 Å². The van der Waals surface area contributed by atoms with Crippen LogP contribution in [0, 0.1) is 0 Å². The summed E-state index contributed by atoms with van der Waals surface area (Å²) >= 11 is 0. The Labute approximate surface area is 125 Å². The topological polar surface area (TPSA) is 72.5 Å². The van der Waals surface area contributed by atoms with E-state index in [2.05, 4.69) is 0 Å². The summed E-state index contributed by atoms with van der Waals surface area (Å²) in [5.74, 6) is 0.0866. The zero-order valence-corrected chi connectivity index (χ0v) is 12.9. The maximum Gasteiger partial charge on any atom is 0.166 e. The molecule has 1 saturated carbocycles. The van der Waals surface area contributed by atoms with Crippen LogP contribution in [-0.4, -0.2) is 85.1 Å². The van der Waals surface area contributed by atoms with E-state index in [1.165, 1.54) is 0 Å². The average Bonchev–Trinajstić information content (AvgIpc) is 2.48. The van der Waals surface area contributed by atoms with Gasteiger partial charge in [-0.3, -0.25) is 4.79 Å². The lowest BCUT2D eigenvalue weighted by atomic mass is 9.90. The molecule has 1 fully saturated rings. The first kappa shape index (κ1) is 18.5. The highest BCUT2D eigenvalue weighted by Crippen LogP contribution is 2.22. The van der Waals surface area contributed by atoms with Crippen LogP contribution in [0.3, 0.4) is 0 Å². The van der Waals surface area contributed by atoms with Gasteiger partial charge < -0.3 is 28.4 Å². The van der Waals surface area contributed by atoms with Crippen molar-refractivity contribution in [1.82, 2.24) is 0 Å². The molecule has 0 N–H and O–H groups in total. The number of carbonyl (C=O) groups is 1. The van der Waals surface area contributed by atoms with Crippen LogP contribution >= 0.6 is 0 Å². The fraction of sp³-hybridized carbons (Fsp3) is 0.929. The molecule has 0 amide bonds. The fourth-order valence-corrected chi connectivity index (χ4v) is 1.80. The number of Topliss-reactive ketones (excluding diaryl/α,β-unsaturated/α-hetero) is 1. The Kier molecular flexibility index (Phi) is 10.6. The van der Waals surface area contributed by atoms with Crippen LogP contribution in [-0.2, 0) is 33.2 Å². The molecule has 0 radical (unpaired) electrons. The molecule has 0 saturated heterocycles. The number of ketones is 1. The van der Waals surface area contributed by atoms with Crippen LogP contribution in [0.1, 0.15) is 6.42 Å². The van der Waals surface area contributed by atoms with Gasteiger partial charge in [-0.2, -0.15) is 0 Å². The smallest absolute Gasteiger partial charge is 0.166 e. The van der Waals surface area contributed by atoms with Gasteiger partial charge in [-0.1, -0.05) is 0 Å². The van der Waals surface area contributed by atoms with Gasteiger partial charge >= 0.3 is 0 Å². The molecule has 124 valence electrons. The molecule has 0 bridgehead atoms. The lowest BCUT2D eigenvalue weighted by Gasteiger charge is -2.34. The first-order valence-electron chi connectivity index (χ1n) is 7.19. The fourth-order valence-electron chi connectivity index (χ4n) is 1.80. The SMILES string of the molecule is COCCOCCOCCOC1CC(=O)C1OCCOC. The largest absolute Gasteiger partial charge is 0.382 e. The molecule has 7 nitrogen and oxygen atoms in total. The van der Waals surface area contributed by atoms with E-state index in [0.717, 1.165) is 0 Å². The Morgan fingerprint density at radius 1 is 0.810 bits per heavy atom. The van der Waals surface area contributed by atoms with Gasteiger partial charge in [0.2, 0.25) is 0 Å². The normalized spacial score (nSPS) is 21.5. The number of rotatable bonds is 14. The van der Waals surface area contributed by atoms with E-state index in [9.17, 15) is 4.79 Å². The van der Waals surface area contributed by atoms with Gasteiger partial charge in [0.1, 0.15) is 6.10 Å².